The Labute approximate surface area is 159 Å². The maximum Gasteiger partial charge on any atom is 0.414 e. The van der Waals surface area contributed by atoms with E-state index < -0.39 is 5.60 Å². The van der Waals surface area contributed by atoms with Crippen LogP contribution in [0, 0.1) is 0 Å². The van der Waals surface area contributed by atoms with E-state index in [1.165, 1.54) is 44.9 Å². The number of benzene rings is 1. The number of ether oxygens (including phenoxy) is 1. The molecule has 1 aromatic rings. The molecule has 1 heterocycles. The van der Waals surface area contributed by atoms with Crippen LogP contribution in [0.1, 0.15) is 84.1 Å². The highest BCUT2D eigenvalue weighted by molar-refractivity contribution is 5.82. The molecule has 0 atom stereocenters. The van der Waals surface area contributed by atoms with Gasteiger partial charge in [0.15, 0.2) is 0 Å². The minimum absolute atomic E-state index is 0.234. The Balaban J connectivity index is 2.28. The molecule has 0 fully saturated rings. The van der Waals surface area contributed by atoms with Crippen LogP contribution in [0.3, 0.4) is 0 Å². The Morgan fingerprint density at radius 3 is 2.08 bits per heavy atom. The molecule has 1 aliphatic rings. The molecule has 1 aliphatic heterocycles. The highest BCUT2D eigenvalue weighted by Crippen LogP contribution is 2.25. The van der Waals surface area contributed by atoms with E-state index in [-0.39, 0.29) is 6.09 Å². The van der Waals surface area contributed by atoms with Crippen LogP contribution in [0.5, 0.6) is 0 Å². The van der Waals surface area contributed by atoms with Gasteiger partial charge >= 0.3 is 6.09 Å². The minimum atomic E-state index is -0.486. The van der Waals surface area contributed by atoms with Crippen molar-refractivity contribution in [3.05, 3.63) is 42.0 Å². The van der Waals surface area contributed by atoms with E-state index in [2.05, 4.69) is 18.2 Å². The van der Waals surface area contributed by atoms with E-state index in [0.29, 0.717) is 0 Å². The zero-order chi connectivity index (χ0) is 18.8. The predicted molar refractivity (Wildman–Crippen MR) is 109 cm³/mol. The molecule has 3 heteroatoms. The Kier molecular flexibility index (Phi) is 8.21. The molecule has 26 heavy (non-hydrogen) atoms. The summed E-state index contributed by atoms with van der Waals surface area (Å²) in [5.41, 5.74) is 1.60. The second-order valence-corrected chi connectivity index (χ2v) is 8.20. The van der Waals surface area contributed by atoms with Gasteiger partial charge in [-0.3, -0.25) is 4.90 Å². The van der Waals surface area contributed by atoms with Gasteiger partial charge in [0.2, 0.25) is 0 Å². The van der Waals surface area contributed by atoms with Gasteiger partial charge < -0.3 is 4.74 Å². The fourth-order valence-corrected chi connectivity index (χ4v) is 3.33. The van der Waals surface area contributed by atoms with Crippen molar-refractivity contribution in [2.75, 3.05) is 6.54 Å². The zero-order valence-electron chi connectivity index (χ0n) is 16.8. The Morgan fingerprint density at radius 1 is 0.885 bits per heavy atom. The average Bonchev–Trinajstić information content (AvgIpc) is 2.61. The lowest BCUT2D eigenvalue weighted by Gasteiger charge is -2.29. The van der Waals surface area contributed by atoms with Gasteiger partial charge in [-0.15, -0.1) is 0 Å². The lowest BCUT2D eigenvalue weighted by atomic mass is 10.1. The Bertz CT molecular complexity index is 572. The van der Waals surface area contributed by atoms with Gasteiger partial charge in [-0.2, -0.15) is 0 Å². The van der Waals surface area contributed by atoms with Crippen LogP contribution in [0.2, 0.25) is 0 Å². The standard InChI is InChI=1S/C23H35NO2/c1-23(2,3)26-22(25)24-19-15-10-8-6-4-5-7-9-14-18-21(24)20-16-12-11-13-17-20/h11-13,16-18H,4-10,14-15,19H2,1-3H3/b21-18-. The summed E-state index contributed by atoms with van der Waals surface area (Å²) < 4.78 is 5.72. The number of carbonyl (C=O) groups excluding carboxylic acids is 1. The summed E-state index contributed by atoms with van der Waals surface area (Å²) in [5.74, 6) is 0. The summed E-state index contributed by atoms with van der Waals surface area (Å²) >= 11 is 0. The van der Waals surface area contributed by atoms with Crippen LogP contribution in [-0.2, 0) is 4.74 Å². The third-order valence-corrected chi connectivity index (χ3v) is 4.65. The number of hydrogen-bond acceptors (Lipinski definition) is 2. The van der Waals surface area contributed by atoms with Crippen molar-refractivity contribution in [1.82, 2.24) is 4.90 Å². The van der Waals surface area contributed by atoms with Gasteiger partial charge in [-0.1, -0.05) is 74.9 Å². The van der Waals surface area contributed by atoms with E-state index in [1.54, 1.807) is 0 Å². The van der Waals surface area contributed by atoms with E-state index in [9.17, 15) is 4.79 Å². The third-order valence-electron chi connectivity index (χ3n) is 4.65. The number of allylic oxidation sites excluding steroid dienone is 1. The van der Waals surface area contributed by atoms with Crippen LogP contribution in [0.25, 0.3) is 5.70 Å². The molecular weight excluding hydrogens is 322 g/mol. The highest BCUT2D eigenvalue weighted by atomic mass is 16.6. The van der Waals surface area contributed by atoms with Gasteiger partial charge in [0, 0.05) is 6.54 Å². The van der Waals surface area contributed by atoms with Gasteiger partial charge in [0.05, 0.1) is 5.70 Å². The van der Waals surface area contributed by atoms with Crippen LogP contribution >= 0.6 is 0 Å². The third kappa shape index (κ3) is 7.23. The molecule has 0 bridgehead atoms. The lowest BCUT2D eigenvalue weighted by Crippen LogP contribution is -2.36. The van der Waals surface area contributed by atoms with E-state index in [1.807, 2.05) is 43.9 Å². The maximum atomic E-state index is 12.9. The molecule has 1 aromatic carbocycles. The van der Waals surface area contributed by atoms with Gasteiger partial charge in [0.1, 0.15) is 5.60 Å². The van der Waals surface area contributed by atoms with Crippen molar-refractivity contribution < 1.29 is 9.53 Å². The largest absolute Gasteiger partial charge is 0.443 e. The average molecular weight is 358 g/mol. The van der Waals surface area contributed by atoms with Crippen LogP contribution in [0.4, 0.5) is 4.79 Å². The molecule has 2 rings (SSSR count). The molecule has 0 N–H and O–H groups in total. The fourth-order valence-electron chi connectivity index (χ4n) is 3.33. The van der Waals surface area contributed by atoms with Gasteiger partial charge in [-0.25, -0.2) is 4.79 Å². The maximum absolute atomic E-state index is 12.9. The SMILES string of the molecule is CC(C)(C)OC(=O)N1CCCCCCCCCC/C=C\1c1ccccc1. The van der Waals surface area contributed by atoms with Crippen LogP contribution in [-0.4, -0.2) is 23.1 Å². The van der Waals surface area contributed by atoms with E-state index >= 15 is 0 Å². The van der Waals surface area contributed by atoms with Crippen molar-refractivity contribution in [2.45, 2.75) is 84.2 Å². The van der Waals surface area contributed by atoms with Gasteiger partial charge in [-0.05, 0) is 45.6 Å². The van der Waals surface area contributed by atoms with E-state index in [4.69, 9.17) is 4.74 Å². The summed E-state index contributed by atoms with van der Waals surface area (Å²) in [6, 6.07) is 10.2. The Morgan fingerprint density at radius 2 is 1.46 bits per heavy atom. The molecule has 3 nitrogen and oxygen atoms in total. The molecule has 0 saturated carbocycles. The first kappa shape index (κ1) is 20.5. The quantitative estimate of drug-likeness (QED) is 0.554. The first-order valence-corrected chi connectivity index (χ1v) is 10.2. The van der Waals surface area contributed by atoms with E-state index in [0.717, 1.165) is 30.6 Å². The molecular formula is C23H35NO2. The molecule has 1 amide bonds. The van der Waals surface area contributed by atoms with Gasteiger partial charge in [0.25, 0.3) is 0 Å². The molecule has 0 aromatic heterocycles. The van der Waals surface area contributed by atoms with Crippen molar-refractivity contribution in [3.63, 3.8) is 0 Å². The topological polar surface area (TPSA) is 29.5 Å². The highest BCUT2D eigenvalue weighted by Gasteiger charge is 2.25. The second-order valence-electron chi connectivity index (χ2n) is 8.20. The summed E-state index contributed by atoms with van der Waals surface area (Å²) in [5, 5.41) is 0. The van der Waals surface area contributed by atoms with Crippen molar-refractivity contribution >= 4 is 11.8 Å². The number of carbonyl (C=O) groups is 1. The first-order valence-electron chi connectivity index (χ1n) is 10.2. The predicted octanol–water partition coefficient (Wildman–Crippen LogP) is 6.79. The summed E-state index contributed by atoms with van der Waals surface area (Å²) in [7, 11) is 0. The molecule has 144 valence electrons. The smallest absolute Gasteiger partial charge is 0.414 e. The second kappa shape index (κ2) is 10.4. The summed E-state index contributed by atoms with van der Waals surface area (Å²) in [6.07, 6.45) is 12.9. The van der Waals surface area contributed by atoms with Crippen molar-refractivity contribution in [1.29, 1.82) is 0 Å². The van der Waals surface area contributed by atoms with Crippen LogP contribution < -0.4 is 0 Å². The van der Waals surface area contributed by atoms with Crippen LogP contribution in [0.15, 0.2) is 36.4 Å². The number of rotatable bonds is 1. The molecule has 0 aliphatic carbocycles. The van der Waals surface area contributed by atoms with Crippen molar-refractivity contribution in [3.8, 4) is 0 Å². The lowest BCUT2D eigenvalue weighted by molar-refractivity contribution is 0.0351. The fraction of sp³-hybridized carbons (Fsp3) is 0.609. The number of amides is 1. The summed E-state index contributed by atoms with van der Waals surface area (Å²) in [4.78, 5) is 14.8. The number of nitrogens with zero attached hydrogens (tertiary/aromatic N) is 1. The first-order chi connectivity index (χ1) is 12.5. The van der Waals surface area contributed by atoms with Crippen molar-refractivity contribution in [2.24, 2.45) is 0 Å². The molecule has 0 radical (unpaired) electrons. The zero-order valence-corrected chi connectivity index (χ0v) is 16.8. The Hall–Kier alpha value is -1.77. The summed E-state index contributed by atoms with van der Waals surface area (Å²) in [6.45, 7) is 6.50. The molecule has 0 unspecified atom stereocenters. The molecule has 0 spiro atoms. The molecule has 0 saturated heterocycles. The normalized spacial score (nSPS) is 20.1. The monoisotopic (exact) mass is 357 g/mol. The minimum Gasteiger partial charge on any atom is -0.443 e. The number of hydrogen-bond donors (Lipinski definition) is 0.